The van der Waals surface area contributed by atoms with Gasteiger partial charge in [0.1, 0.15) is 22.7 Å². The Labute approximate surface area is 293 Å². The quantitative estimate of drug-likeness (QED) is 0.178. The SMILES string of the molecule is CC(C)c1cccc(C(C)C)c1-c1cc2c3c(c1)-n1c4c(c(=O)n1B3c1c(ccc3c1oc1ccccc13)O2)C1(CCCC1)CC41CCCC1. The van der Waals surface area contributed by atoms with Crippen LogP contribution in [0, 0.1) is 0 Å². The van der Waals surface area contributed by atoms with E-state index in [9.17, 15) is 0 Å². The predicted molar refractivity (Wildman–Crippen MR) is 203 cm³/mol. The van der Waals surface area contributed by atoms with Crippen LogP contribution in [0.3, 0.4) is 0 Å². The molecular weight excluding hydrogens is 615 g/mol. The van der Waals surface area contributed by atoms with Gasteiger partial charge in [-0.15, -0.1) is 0 Å². The van der Waals surface area contributed by atoms with Gasteiger partial charge in [0.15, 0.2) is 0 Å². The molecule has 2 saturated carbocycles. The first-order chi connectivity index (χ1) is 24.3. The summed E-state index contributed by atoms with van der Waals surface area (Å²) in [5, 5.41) is 2.17. The van der Waals surface area contributed by atoms with Crippen molar-refractivity contribution < 1.29 is 9.15 Å². The number of hydrogen-bond acceptors (Lipinski definition) is 3. The standard InChI is InChI=1S/C44H43BN2O3/c1-25(2)28-13-11-14-29(26(3)4)36(28)27-22-32-38-35(23-27)49-34-17-16-31-30-12-5-6-15-33(30)50-40(31)39(34)45(38)47-42(48)37-41(46(32)47)44(20-9-10-21-44)24-43(37)18-7-8-19-43/h5-6,11-17,22-23,25-26H,7-10,18-21,24H2,1-4H3. The average molecular weight is 659 g/mol. The zero-order valence-corrected chi connectivity index (χ0v) is 29.6. The Kier molecular flexibility index (Phi) is 5.78. The lowest BCUT2D eigenvalue weighted by molar-refractivity contribution is 0.311. The molecule has 3 aliphatic carbocycles. The summed E-state index contributed by atoms with van der Waals surface area (Å²) in [7, 11) is 0. The normalized spacial score (nSPS) is 19.0. The summed E-state index contributed by atoms with van der Waals surface area (Å²) >= 11 is 0. The van der Waals surface area contributed by atoms with Crippen LogP contribution in [0.25, 0.3) is 38.8 Å². The fraction of sp³-hybridized carbons (Fsp3) is 0.386. The van der Waals surface area contributed by atoms with Crippen molar-refractivity contribution in [1.82, 2.24) is 9.27 Å². The maximum Gasteiger partial charge on any atom is 0.364 e. The largest absolute Gasteiger partial charge is 0.458 e. The summed E-state index contributed by atoms with van der Waals surface area (Å²) in [4.78, 5) is 15.5. The molecule has 4 heterocycles. The molecule has 0 saturated heterocycles. The molecule has 4 aromatic carbocycles. The molecule has 5 aliphatic rings. The summed E-state index contributed by atoms with van der Waals surface area (Å²) in [6.45, 7) is 8.86. The van der Waals surface area contributed by atoms with Crippen LogP contribution < -0.4 is 21.2 Å². The highest BCUT2D eigenvalue weighted by atomic mass is 16.5. The molecular formula is C44H43BN2O3. The Bertz CT molecular complexity index is 2470. The van der Waals surface area contributed by atoms with Gasteiger partial charge in [-0.25, -0.2) is 0 Å². The number of rotatable bonds is 3. The van der Waals surface area contributed by atoms with Crippen LogP contribution in [-0.2, 0) is 10.8 Å². The van der Waals surface area contributed by atoms with E-state index in [2.05, 4.69) is 91.6 Å². The number of hydrogen-bond donors (Lipinski definition) is 0. The molecule has 0 bridgehead atoms. The van der Waals surface area contributed by atoms with Gasteiger partial charge in [-0.05, 0) is 96.5 Å². The molecule has 250 valence electrons. The summed E-state index contributed by atoms with van der Waals surface area (Å²) in [5.41, 5.74) is 12.8. The predicted octanol–water partition coefficient (Wildman–Crippen LogP) is 9.55. The third-order valence-corrected chi connectivity index (χ3v) is 13.5. The van der Waals surface area contributed by atoms with Gasteiger partial charge in [0.2, 0.25) is 0 Å². The van der Waals surface area contributed by atoms with E-state index in [1.165, 1.54) is 66.5 Å². The summed E-state index contributed by atoms with van der Waals surface area (Å²) in [6, 6.07) is 24.0. The van der Waals surface area contributed by atoms with E-state index in [0.29, 0.717) is 11.8 Å². The van der Waals surface area contributed by atoms with Crippen LogP contribution in [0.15, 0.2) is 75.9 Å². The molecule has 0 atom stereocenters. The van der Waals surface area contributed by atoms with E-state index < -0.39 is 0 Å². The third kappa shape index (κ3) is 3.53. The highest BCUT2D eigenvalue weighted by Gasteiger charge is 2.60. The van der Waals surface area contributed by atoms with Gasteiger partial charge < -0.3 is 9.15 Å². The molecule has 6 heteroatoms. The van der Waals surface area contributed by atoms with Crippen LogP contribution in [0.5, 0.6) is 11.5 Å². The van der Waals surface area contributed by atoms with Crippen LogP contribution in [0.1, 0.15) is 120 Å². The molecule has 0 radical (unpaired) electrons. The number of fused-ring (bicyclic) bond motifs is 13. The van der Waals surface area contributed by atoms with Crippen molar-refractivity contribution in [2.75, 3.05) is 0 Å². The van der Waals surface area contributed by atoms with Gasteiger partial charge in [-0.3, -0.25) is 14.1 Å². The lowest BCUT2D eigenvalue weighted by atomic mass is 9.49. The van der Waals surface area contributed by atoms with Crippen molar-refractivity contribution in [3.63, 3.8) is 0 Å². The van der Waals surface area contributed by atoms with Crippen molar-refractivity contribution in [2.45, 2.75) is 108 Å². The number of benzene rings is 4. The first-order valence-corrected chi connectivity index (χ1v) is 19.1. The van der Waals surface area contributed by atoms with Gasteiger partial charge >= 0.3 is 6.85 Å². The van der Waals surface area contributed by atoms with Crippen LogP contribution in [-0.4, -0.2) is 16.1 Å². The zero-order chi connectivity index (χ0) is 33.7. The maximum atomic E-state index is 15.5. The van der Waals surface area contributed by atoms with Crippen LogP contribution in [0.2, 0.25) is 0 Å². The number of aromatic nitrogens is 2. The van der Waals surface area contributed by atoms with Crippen molar-refractivity contribution in [3.05, 3.63) is 99.5 Å². The van der Waals surface area contributed by atoms with Crippen molar-refractivity contribution in [2.24, 2.45) is 0 Å². The van der Waals surface area contributed by atoms with Gasteiger partial charge in [0, 0.05) is 38.1 Å². The minimum atomic E-state index is -0.318. The molecule has 0 amide bonds. The van der Waals surface area contributed by atoms with Crippen molar-refractivity contribution >= 4 is 39.7 Å². The third-order valence-electron chi connectivity index (χ3n) is 13.5. The fourth-order valence-corrected chi connectivity index (χ4v) is 11.5. The van der Waals surface area contributed by atoms with E-state index in [-0.39, 0.29) is 23.2 Å². The molecule has 5 nitrogen and oxygen atoms in total. The minimum Gasteiger partial charge on any atom is -0.458 e. The van der Waals surface area contributed by atoms with E-state index >= 15 is 4.79 Å². The second-order valence-corrected chi connectivity index (χ2v) is 16.8. The minimum absolute atomic E-state index is 0.00385. The Morgan fingerprint density at radius 1 is 0.740 bits per heavy atom. The lowest BCUT2D eigenvalue weighted by Crippen LogP contribution is -2.53. The monoisotopic (exact) mass is 658 g/mol. The van der Waals surface area contributed by atoms with Gasteiger partial charge in [-0.1, -0.05) is 89.8 Å². The number of ether oxygens (including phenoxy) is 1. The Hall–Kier alpha value is -4.45. The zero-order valence-electron chi connectivity index (χ0n) is 29.6. The van der Waals surface area contributed by atoms with E-state index in [1.54, 1.807) is 0 Å². The number of furan rings is 1. The van der Waals surface area contributed by atoms with Crippen LogP contribution >= 0.6 is 0 Å². The van der Waals surface area contributed by atoms with E-state index in [4.69, 9.17) is 9.15 Å². The highest BCUT2D eigenvalue weighted by Crippen LogP contribution is 2.62. The topological polar surface area (TPSA) is 49.3 Å². The Balaban J connectivity index is 1.27. The highest BCUT2D eigenvalue weighted by molar-refractivity contribution is 6.88. The molecule has 2 fully saturated rings. The maximum absolute atomic E-state index is 15.5. The smallest absolute Gasteiger partial charge is 0.364 e. The lowest BCUT2D eigenvalue weighted by Gasteiger charge is -2.30. The van der Waals surface area contributed by atoms with Crippen molar-refractivity contribution in [3.8, 4) is 28.3 Å². The first kappa shape index (κ1) is 29.3. The molecule has 2 aromatic heterocycles. The summed E-state index contributed by atoms with van der Waals surface area (Å²) in [5.74, 6) is 2.37. The summed E-state index contributed by atoms with van der Waals surface area (Å²) < 4.78 is 18.3. The second-order valence-electron chi connectivity index (χ2n) is 16.8. The molecule has 0 unspecified atom stereocenters. The number of nitrogens with zero attached hydrogens (tertiary/aromatic N) is 2. The molecule has 2 aliphatic heterocycles. The number of para-hydroxylation sites is 1. The fourth-order valence-electron chi connectivity index (χ4n) is 11.5. The van der Waals surface area contributed by atoms with Crippen molar-refractivity contribution in [1.29, 1.82) is 0 Å². The van der Waals surface area contributed by atoms with Crippen LogP contribution in [0.4, 0.5) is 0 Å². The molecule has 0 N–H and O–H groups in total. The molecule has 2 spiro atoms. The van der Waals surface area contributed by atoms with Gasteiger partial charge in [0.05, 0.1) is 11.4 Å². The van der Waals surface area contributed by atoms with E-state index in [0.717, 1.165) is 74.9 Å². The summed E-state index contributed by atoms with van der Waals surface area (Å²) in [6.07, 6.45) is 10.7. The Morgan fingerprint density at radius 2 is 1.44 bits per heavy atom. The first-order valence-electron chi connectivity index (χ1n) is 19.1. The van der Waals surface area contributed by atoms with E-state index in [1.807, 2.05) is 12.1 Å². The molecule has 50 heavy (non-hydrogen) atoms. The average Bonchev–Trinajstić information content (AvgIpc) is 3.96. The second kappa shape index (κ2) is 9.87. The van der Waals surface area contributed by atoms with Gasteiger partial charge in [0.25, 0.3) is 5.56 Å². The molecule has 6 aromatic rings. The van der Waals surface area contributed by atoms with Gasteiger partial charge in [-0.2, -0.15) is 0 Å². The Morgan fingerprint density at radius 3 is 2.16 bits per heavy atom. The molecule has 11 rings (SSSR count).